The van der Waals surface area contributed by atoms with E-state index in [1.54, 1.807) is 0 Å². The Kier molecular flexibility index (Phi) is 6.55. The van der Waals surface area contributed by atoms with E-state index in [-0.39, 0.29) is 0 Å². The lowest BCUT2D eigenvalue weighted by molar-refractivity contribution is -0.375. The quantitative estimate of drug-likeness (QED) is 0.261. The van der Waals surface area contributed by atoms with Crippen LogP contribution in [0.2, 0.25) is 0 Å². The summed E-state index contributed by atoms with van der Waals surface area (Å²) in [6.45, 7) is 2.13. The molecule has 0 N–H and O–H groups in total. The average Bonchev–Trinajstić information content (AvgIpc) is 3.13. The molecule has 0 nitrogen and oxygen atoms in total. The van der Waals surface area contributed by atoms with Gasteiger partial charge in [-0.3, -0.25) is 0 Å². The molecule has 0 radical (unpaired) electrons. The van der Waals surface area contributed by atoms with E-state index in [2.05, 4.69) is 73.7 Å². The Balaban J connectivity index is 0.000000207. The van der Waals surface area contributed by atoms with Gasteiger partial charge in [-0.25, -0.2) is 8.78 Å². The molecule has 0 heterocycles. The van der Waals surface area contributed by atoms with E-state index < -0.39 is 24.4 Å². The molecule has 0 atom stereocenters. The van der Waals surface area contributed by atoms with Crippen molar-refractivity contribution in [2.45, 2.75) is 37.8 Å². The van der Waals surface area contributed by atoms with Crippen LogP contribution in [-0.4, -0.2) is 24.4 Å². The predicted molar refractivity (Wildman–Crippen MR) is 107 cm³/mol. The molecule has 0 saturated heterocycles. The van der Waals surface area contributed by atoms with Crippen LogP contribution in [0, 0.1) is 6.92 Å². The third-order valence-corrected chi connectivity index (χ3v) is 5.26. The third kappa shape index (κ3) is 4.58. The Bertz CT molecular complexity index is 1110. The number of aryl methyl sites for hydroxylation is 1. The maximum atomic E-state index is 11.6. The minimum absolute atomic E-state index is 1.05. The van der Waals surface area contributed by atoms with Gasteiger partial charge in [-0.15, -0.1) is 0 Å². The van der Waals surface area contributed by atoms with Gasteiger partial charge in [0.2, 0.25) is 0 Å². The molecule has 0 aromatic heterocycles. The van der Waals surface area contributed by atoms with Crippen molar-refractivity contribution in [2.75, 3.05) is 0 Å². The van der Waals surface area contributed by atoms with Crippen molar-refractivity contribution >= 4 is 0 Å². The van der Waals surface area contributed by atoms with Crippen LogP contribution in [-0.2, 0) is 6.42 Å². The standard InChI is InChI=1S/C20H16.C4HF9/c1-14-9-11-15(12-10-14)17-7-4-8-19-18-6-3-2-5-16(18)13-20(17)19;5-1(6)2(7,8)3(9,10)4(11,12)13/h2-12H,13H2,1H3;1H. The first-order valence-corrected chi connectivity index (χ1v) is 9.65. The first kappa shape index (κ1) is 24.7. The van der Waals surface area contributed by atoms with Gasteiger partial charge in [-0.05, 0) is 46.7 Å². The molecule has 0 saturated carbocycles. The summed E-state index contributed by atoms with van der Waals surface area (Å²) in [5.41, 5.74) is 9.72. The highest BCUT2D eigenvalue weighted by Gasteiger charge is 2.76. The topological polar surface area (TPSA) is 0 Å². The number of alkyl halides is 9. The summed E-state index contributed by atoms with van der Waals surface area (Å²) in [5, 5.41) is 0. The Morgan fingerprint density at radius 1 is 0.667 bits per heavy atom. The van der Waals surface area contributed by atoms with Crippen molar-refractivity contribution in [2.24, 2.45) is 0 Å². The zero-order valence-electron chi connectivity index (χ0n) is 17.0. The van der Waals surface area contributed by atoms with Gasteiger partial charge in [0.25, 0.3) is 0 Å². The van der Waals surface area contributed by atoms with Crippen molar-refractivity contribution in [3.63, 3.8) is 0 Å². The Labute approximate surface area is 183 Å². The van der Waals surface area contributed by atoms with Crippen LogP contribution in [0.15, 0.2) is 66.7 Å². The second-order valence-corrected chi connectivity index (χ2v) is 7.53. The molecular weight excluding hydrogens is 459 g/mol. The highest BCUT2D eigenvalue weighted by atomic mass is 19.4. The smallest absolute Gasteiger partial charge is 0.203 e. The second kappa shape index (κ2) is 8.76. The minimum atomic E-state index is -6.73. The molecule has 0 fully saturated rings. The molecule has 4 rings (SSSR count). The summed E-state index contributed by atoms with van der Waals surface area (Å²) >= 11 is 0. The van der Waals surface area contributed by atoms with E-state index in [1.165, 1.54) is 38.9 Å². The molecular formula is C24H17F9. The van der Waals surface area contributed by atoms with Crippen LogP contribution in [0.3, 0.4) is 0 Å². The number of hydrogen-bond acceptors (Lipinski definition) is 0. The molecule has 1 aliphatic rings. The molecule has 1 aliphatic carbocycles. The van der Waals surface area contributed by atoms with Crippen molar-refractivity contribution in [1.82, 2.24) is 0 Å². The Morgan fingerprint density at radius 3 is 1.76 bits per heavy atom. The number of fused-ring (bicyclic) bond motifs is 3. The zero-order valence-corrected chi connectivity index (χ0v) is 17.0. The Hall–Kier alpha value is -2.97. The van der Waals surface area contributed by atoms with Crippen LogP contribution in [0.5, 0.6) is 0 Å². The van der Waals surface area contributed by atoms with Crippen molar-refractivity contribution in [3.05, 3.63) is 83.4 Å². The summed E-state index contributed by atoms with van der Waals surface area (Å²) in [7, 11) is 0. The van der Waals surface area contributed by atoms with Gasteiger partial charge in [-0.1, -0.05) is 72.3 Å². The average molecular weight is 476 g/mol. The fraction of sp³-hybridized carbons (Fsp3) is 0.250. The molecule has 0 amide bonds. The van der Waals surface area contributed by atoms with Crippen molar-refractivity contribution in [1.29, 1.82) is 0 Å². The van der Waals surface area contributed by atoms with Crippen LogP contribution in [0.1, 0.15) is 16.7 Å². The first-order valence-electron chi connectivity index (χ1n) is 9.65. The van der Waals surface area contributed by atoms with Gasteiger partial charge in [0.1, 0.15) is 0 Å². The van der Waals surface area contributed by atoms with Gasteiger partial charge >= 0.3 is 24.4 Å². The number of rotatable bonds is 3. The highest BCUT2D eigenvalue weighted by molar-refractivity contribution is 5.84. The second-order valence-electron chi connectivity index (χ2n) is 7.53. The van der Waals surface area contributed by atoms with Gasteiger partial charge in [-0.2, -0.15) is 30.7 Å². The van der Waals surface area contributed by atoms with Crippen molar-refractivity contribution in [3.8, 4) is 22.3 Å². The summed E-state index contributed by atoms with van der Waals surface area (Å²) in [6, 6.07) is 24.3. The maximum absolute atomic E-state index is 11.6. The van der Waals surface area contributed by atoms with E-state index in [4.69, 9.17) is 0 Å². The molecule has 9 heteroatoms. The SMILES string of the molecule is Cc1ccc(-c2cccc3c2Cc2ccccc2-3)cc1.FC(F)C(F)(F)C(F)(F)C(F)(F)F. The van der Waals surface area contributed by atoms with Crippen LogP contribution >= 0.6 is 0 Å². The van der Waals surface area contributed by atoms with Crippen LogP contribution in [0.4, 0.5) is 39.5 Å². The van der Waals surface area contributed by atoms with E-state index in [1.807, 2.05) is 0 Å². The molecule has 0 unspecified atom stereocenters. The largest absolute Gasteiger partial charge is 0.460 e. The zero-order chi connectivity index (χ0) is 24.6. The number of hydrogen-bond donors (Lipinski definition) is 0. The van der Waals surface area contributed by atoms with Gasteiger partial charge < -0.3 is 0 Å². The fourth-order valence-electron chi connectivity index (χ4n) is 3.49. The molecule has 33 heavy (non-hydrogen) atoms. The number of halogens is 9. The molecule has 0 spiro atoms. The minimum Gasteiger partial charge on any atom is -0.203 e. The molecule has 3 aromatic carbocycles. The molecule has 0 bridgehead atoms. The molecule has 3 aromatic rings. The van der Waals surface area contributed by atoms with E-state index >= 15 is 0 Å². The van der Waals surface area contributed by atoms with E-state index in [0.717, 1.165) is 6.42 Å². The molecule has 176 valence electrons. The monoisotopic (exact) mass is 476 g/mol. The predicted octanol–water partition coefficient (Wildman–Crippen LogP) is 8.32. The lowest BCUT2D eigenvalue weighted by Gasteiger charge is -2.27. The first-order chi connectivity index (χ1) is 15.3. The normalized spacial score (nSPS) is 13.3. The third-order valence-electron chi connectivity index (χ3n) is 5.26. The molecule has 0 aliphatic heterocycles. The summed E-state index contributed by atoms with van der Waals surface area (Å²) in [5.74, 6) is -13.1. The van der Waals surface area contributed by atoms with Gasteiger partial charge in [0.15, 0.2) is 0 Å². The lowest BCUT2D eigenvalue weighted by atomic mass is 9.95. The fourth-order valence-corrected chi connectivity index (χ4v) is 3.49. The van der Waals surface area contributed by atoms with Crippen molar-refractivity contribution < 1.29 is 39.5 Å². The Morgan fingerprint density at radius 2 is 1.21 bits per heavy atom. The van der Waals surface area contributed by atoms with Gasteiger partial charge in [0.05, 0.1) is 0 Å². The lowest BCUT2D eigenvalue weighted by Crippen LogP contribution is -2.55. The summed E-state index contributed by atoms with van der Waals surface area (Å²) < 4.78 is 102. The van der Waals surface area contributed by atoms with E-state index in [9.17, 15) is 39.5 Å². The maximum Gasteiger partial charge on any atom is 0.460 e. The van der Waals surface area contributed by atoms with Crippen LogP contribution < -0.4 is 0 Å². The summed E-state index contributed by atoms with van der Waals surface area (Å²) in [4.78, 5) is 0. The highest BCUT2D eigenvalue weighted by Crippen LogP contribution is 2.49. The number of benzene rings is 3. The van der Waals surface area contributed by atoms with E-state index in [0.29, 0.717) is 0 Å². The van der Waals surface area contributed by atoms with Gasteiger partial charge in [0, 0.05) is 0 Å². The summed E-state index contributed by atoms with van der Waals surface area (Å²) in [6.07, 6.45) is -10.7. The van der Waals surface area contributed by atoms with Crippen LogP contribution in [0.25, 0.3) is 22.3 Å².